The first-order valence-corrected chi connectivity index (χ1v) is 6.50. The molecule has 0 aliphatic rings. The van der Waals surface area contributed by atoms with E-state index in [-0.39, 0.29) is 5.69 Å². The van der Waals surface area contributed by atoms with E-state index in [0.717, 1.165) is 12.1 Å². The molecule has 0 aliphatic carbocycles. The van der Waals surface area contributed by atoms with E-state index < -0.39 is 26.6 Å². The van der Waals surface area contributed by atoms with Crippen LogP contribution in [-0.4, -0.2) is 8.42 Å². The van der Waals surface area contributed by atoms with E-state index in [1.807, 2.05) is 0 Å². The van der Waals surface area contributed by atoms with Crippen LogP contribution in [0.2, 0.25) is 0 Å². The number of nitrogens with one attached hydrogen (secondary N) is 1. The number of hydrogen-bond donors (Lipinski definition) is 1. The van der Waals surface area contributed by atoms with Crippen molar-refractivity contribution in [1.82, 2.24) is 0 Å². The van der Waals surface area contributed by atoms with Gasteiger partial charge in [0.15, 0.2) is 0 Å². The molecule has 3 nitrogen and oxygen atoms in total. The third kappa shape index (κ3) is 2.65. The zero-order valence-electron chi connectivity index (χ0n) is 9.10. The smallest absolute Gasteiger partial charge is 0.264 e. The summed E-state index contributed by atoms with van der Waals surface area (Å²) in [6, 6.07) is 10.2. The maximum atomic E-state index is 13.4. The second kappa shape index (κ2) is 4.73. The summed E-state index contributed by atoms with van der Waals surface area (Å²) in [7, 11) is -4.13. The van der Waals surface area contributed by atoms with Gasteiger partial charge in [-0.15, -0.1) is 0 Å². The van der Waals surface area contributed by atoms with Crippen LogP contribution in [-0.2, 0) is 10.0 Å². The SMILES string of the molecule is O=S(=O)(Nc1ccccc1)c1cc(F)ccc1F. The Morgan fingerprint density at radius 1 is 0.944 bits per heavy atom. The Bertz CT molecular complexity index is 657. The van der Waals surface area contributed by atoms with Gasteiger partial charge in [-0.05, 0) is 30.3 Å². The fourth-order valence-electron chi connectivity index (χ4n) is 1.40. The van der Waals surface area contributed by atoms with Gasteiger partial charge < -0.3 is 0 Å². The van der Waals surface area contributed by atoms with Crippen molar-refractivity contribution < 1.29 is 17.2 Å². The van der Waals surface area contributed by atoms with Crippen molar-refractivity contribution in [3.63, 3.8) is 0 Å². The van der Waals surface area contributed by atoms with Gasteiger partial charge in [0.1, 0.15) is 16.5 Å². The molecule has 0 atom stereocenters. The molecule has 6 heteroatoms. The molecule has 0 unspecified atom stereocenters. The van der Waals surface area contributed by atoms with Crippen LogP contribution < -0.4 is 4.72 Å². The highest BCUT2D eigenvalue weighted by Gasteiger charge is 2.19. The molecule has 0 fully saturated rings. The number of benzene rings is 2. The lowest BCUT2D eigenvalue weighted by Gasteiger charge is -2.08. The molecule has 0 aliphatic heterocycles. The molecule has 2 rings (SSSR count). The number of sulfonamides is 1. The summed E-state index contributed by atoms with van der Waals surface area (Å²) in [4.78, 5) is -0.716. The first-order chi connectivity index (χ1) is 8.49. The summed E-state index contributed by atoms with van der Waals surface area (Å²) in [5.74, 6) is -1.82. The molecule has 0 spiro atoms. The van der Waals surface area contributed by atoms with Crippen LogP contribution in [0.4, 0.5) is 14.5 Å². The highest BCUT2D eigenvalue weighted by Crippen LogP contribution is 2.19. The highest BCUT2D eigenvalue weighted by molar-refractivity contribution is 7.92. The standard InChI is InChI=1S/C12H9F2NO2S/c13-9-6-7-11(14)12(8-9)18(16,17)15-10-4-2-1-3-5-10/h1-8,15H. The Labute approximate surface area is 103 Å². The molecule has 0 heterocycles. The van der Waals surface area contributed by atoms with Gasteiger partial charge in [0.25, 0.3) is 10.0 Å². The Morgan fingerprint density at radius 2 is 1.61 bits per heavy atom. The van der Waals surface area contributed by atoms with E-state index in [1.165, 1.54) is 12.1 Å². The third-order valence-electron chi connectivity index (χ3n) is 2.21. The van der Waals surface area contributed by atoms with Gasteiger partial charge >= 0.3 is 0 Å². The zero-order valence-corrected chi connectivity index (χ0v) is 9.92. The third-order valence-corrected chi connectivity index (χ3v) is 3.61. The lowest BCUT2D eigenvalue weighted by atomic mass is 10.3. The molecule has 1 N–H and O–H groups in total. The lowest BCUT2D eigenvalue weighted by molar-refractivity contribution is 0.555. The van der Waals surface area contributed by atoms with Crippen molar-refractivity contribution in [3.8, 4) is 0 Å². The molecule has 2 aromatic rings. The summed E-state index contributed by atoms with van der Waals surface area (Å²) in [5.41, 5.74) is 0.279. The molecule has 0 saturated carbocycles. The second-order valence-corrected chi connectivity index (χ2v) is 5.20. The van der Waals surface area contributed by atoms with Gasteiger partial charge in [0.05, 0.1) is 0 Å². The number of anilines is 1. The van der Waals surface area contributed by atoms with Gasteiger partial charge in [0, 0.05) is 5.69 Å². The number of para-hydroxylation sites is 1. The molecule has 0 radical (unpaired) electrons. The van der Waals surface area contributed by atoms with Crippen molar-refractivity contribution in [2.45, 2.75) is 4.90 Å². The predicted octanol–water partition coefficient (Wildman–Crippen LogP) is 2.77. The van der Waals surface area contributed by atoms with Gasteiger partial charge in [-0.2, -0.15) is 0 Å². The first kappa shape index (κ1) is 12.5. The minimum atomic E-state index is -4.13. The van der Waals surface area contributed by atoms with Crippen molar-refractivity contribution in [2.75, 3.05) is 4.72 Å². The second-order valence-electron chi connectivity index (χ2n) is 3.55. The zero-order chi connectivity index (χ0) is 13.2. The fraction of sp³-hybridized carbons (Fsp3) is 0. The maximum Gasteiger partial charge on any atom is 0.264 e. The van der Waals surface area contributed by atoms with Crippen LogP contribution in [0.25, 0.3) is 0 Å². The average Bonchev–Trinajstić information content (AvgIpc) is 2.33. The van der Waals surface area contributed by atoms with Gasteiger partial charge in [-0.25, -0.2) is 17.2 Å². The van der Waals surface area contributed by atoms with Crippen LogP contribution in [0.3, 0.4) is 0 Å². The first-order valence-electron chi connectivity index (χ1n) is 5.02. The highest BCUT2D eigenvalue weighted by atomic mass is 32.2. The summed E-state index contributed by atoms with van der Waals surface area (Å²) in [6.07, 6.45) is 0. The maximum absolute atomic E-state index is 13.4. The van der Waals surface area contributed by atoms with Crippen molar-refractivity contribution in [3.05, 3.63) is 60.2 Å². The van der Waals surface area contributed by atoms with Crippen LogP contribution in [0.15, 0.2) is 53.4 Å². The molecule has 0 bridgehead atoms. The summed E-state index contributed by atoms with van der Waals surface area (Å²) in [5, 5.41) is 0. The predicted molar refractivity (Wildman–Crippen MR) is 63.6 cm³/mol. The summed E-state index contributed by atoms with van der Waals surface area (Å²) in [6.45, 7) is 0. The van der Waals surface area contributed by atoms with Gasteiger partial charge in [0.2, 0.25) is 0 Å². The van der Waals surface area contributed by atoms with Crippen LogP contribution in [0.5, 0.6) is 0 Å². The van der Waals surface area contributed by atoms with Crippen LogP contribution in [0.1, 0.15) is 0 Å². The molecule has 2 aromatic carbocycles. The van der Waals surface area contributed by atoms with E-state index >= 15 is 0 Å². The molecule has 94 valence electrons. The summed E-state index contributed by atoms with van der Waals surface area (Å²) < 4.78 is 52.2. The number of rotatable bonds is 3. The Morgan fingerprint density at radius 3 is 2.28 bits per heavy atom. The van der Waals surface area contributed by atoms with Crippen molar-refractivity contribution >= 4 is 15.7 Å². The van der Waals surface area contributed by atoms with Crippen LogP contribution >= 0.6 is 0 Å². The monoisotopic (exact) mass is 269 g/mol. The van der Waals surface area contributed by atoms with E-state index in [0.29, 0.717) is 6.07 Å². The minimum absolute atomic E-state index is 0.279. The quantitative estimate of drug-likeness (QED) is 0.931. The Balaban J connectivity index is 2.40. The fourth-order valence-corrected chi connectivity index (χ4v) is 2.55. The number of halogens is 2. The molecular formula is C12H9F2NO2S. The molecule has 0 saturated heterocycles. The Hall–Kier alpha value is -1.95. The molecule has 0 amide bonds. The lowest BCUT2D eigenvalue weighted by Crippen LogP contribution is -2.14. The molecule has 0 aromatic heterocycles. The van der Waals surface area contributed by atoms with Gasteiger partial charge in [-0.3, -0.25) is 4.72 Å². The van der Waals surface area contributed by atoms with E-state index in [4.69, 9.17) is 0 Å². The van der Waals surface area contributed by atoms with Gasteiger partial charge in [-0.1, -0.05) is 18.2 Å². The molecule has 18 heavy (non-hydrogen) atoms. The van der Waals surface area contributed by atoms with E-state index in [2.05, 4.69) is 4.72 Å². The largest absolute Gasteiger partial charge is 0.280 e. The van der Waals surface area contributed by atoms with E-state index in [1.54, 1.807) is 18.2 Å². The van der Waals surface area contributed by atoms with Crippen molar-refractivity contribution in [2.24, 2.45) is 0 Å². The Kier molecular flexibility index (Phi) is 3.29. The minimum Gasteiger partial charge on any atom is -0.280 e. The van der Waals surface area contributed by atoms with E-state index in [9.17, 15) is 17.2 Å². The average molecular weight is 269 g/mol. The summed E-state index contributed by atoms with van der Waals surface area (Å²) >= 11 is 0. The molecular weight excluding hydrogens is 260 g/mol. The van der Waals surface area contributed by atoms with Crippen molar-refractivity contribution in [1.29, 1.82) is 0 Å². The topological polar surface area (TPSA) is 46.2 Å². The van der Waals surface area contributed by atoms with Crippen LogP contribution in [0, 0.1) is 11.6 Å². The number of hydrogen-bond acceptors (Lipinski definition) is 2. The normalized spacial score (nSPS) is 11.2.